The number of fused-ring (bicyclic) bond motifs is 1. The molecule has 0 spiro atoms. The van der Waals surface area contributed by atoms with Crippen LogP contribution in [0.3, 0.4) is 0 Å². The van der Waals surface area contributed by atoms with E-state index in [0.717, 1.165) is 18.8 Å². The molecule has 0 heterocycles. The molecule has 76 valence electrons. The second kappa shape index (κ2) is 2.96. The monoisotopic (exact) mass is 184 g/mol. The molecular formula is C11H20O2. The summed E-state index contributed by atoms with van der Waals surface area (Å²) < 4.78 is 0. The molecule has 0 saturated heterocycles. The van der Waals surface area contributed by atoms with E-state index in [2.05, 4.69) is 13.8 Å². The maximum atomic E-state index is 9.82. The van der Waals surface area contributed by atoms with Gasteiger partial charge in [0.2, 0.25) is 0 Å². The van der Waals surface area contributed by atoms with E-state index in [1.54, 1.807) is 0 Å². The van der Waals surface area contributed by atoms with Gasteiger partial charge in [0.1, 0.15) is 0 Å². The van der Waals surface area contributed by atoms with E-state index in [9.17, 15) is 5.11 Å². The minimum Gasteiger partial charge on any atom is -0.396 e. The van der Waals surface area contributed by atoms with Crippen LogP contribution in [0.4, 0.5) is 0 Å². The van der Waals surface area contributed by atoms with Crippen LogP contribution < -0.4 is 0 Å². The first-order valence-electron chi connectivity index (χ1n) is 5.36. The van der Waals surface area contributed by atoms with Crippen molar-refractivity contribution in [3.8, 4) is 0 Å². The van der Waals surface area contributed by atoms with Crippen molar-refractivity contribution in [3.05, 3.63) is 0 Å². The van der Waals surface area contributed by atoms with Gasteiger partial charge in [0, 0.05) is 12.5 Å². The zero-order valence-electron chi connectivity index (χ0n) is 8.53. The molecule has 0 aromatic carbocycles. The van der Waals surface area contributed by atoms with Crippen LogP contribution in [-0.4, -0.2) is 22.9 Å². The van der Waals surface area contributed by atoms with Crippen molar-refractivity contribution in [2.24, 2.45) is 23.2 Å². The Hall–Kier alpha value is -0.0800. The molecule has 2 rings (SSSR count). The van der Waals surface area contributed by atoms with Crippen molar-refractivity contribution in [2.75, 3.05) is 6.61 Å². The highest BCUT2D eigenvalue weighted by molar-refractivity contribution is 5.07. The van der Waals surface area contributed by atoms with E-state index < -0.39 is 0 Å². The zero-order valence-corrected chi connectivity index (χ0v) is 8.53. The molecule has 13 heavy (non-hydrogen) atoms. The molecule has 2 aliphatic carbocycles. The number of hydrogen-bond donors (Lipinski definition) is 2. The smallest absolute Gasteiger partial charge is 0.0593 e. The third-order valence-corrected chi connectivity index (χ3v) is 4.41. The molecule has 0 aromatic heterocycles. The van der Waals surface area contributed by atoms with Crippen LogP contribution in [0.25, 0.3) is 0 Å². The van der Waals surface area contributed by atoms with Gasteiger partial charge in [0.25, 0.3) is 0 Å². The SMILES string of the molecule is CC1(C)[C@@H]2CCC(CO)C(O)C[C@@H]21. The summed E-state index contributed by atoms with van der Waals surface area (Å²) in [6.45, 7) is 4.75. The highest BCUT2D eigenvalue weighted by Gasteiger charge is 2.58. The predicted octanol–water partition coefficient (Wildman–Crippen LogP) is 1.41. The number of aliphatic hydroxyl groups excluding tert-OH is 2. The molecule has 4 atom stereocenters. The minimum atomic E-state index is -0.262. The summed E-state index contributed by atoms with van der Waals surface area (Å²) in [5.74, 6) is 1.65. The van der Waals surface area contributed by atoms with E-state index in [1.165, 1.54) is 6.42 Å². The highest BCUT2D eigenvalue weighted by Crippen LogP contribution is 2.64. The fourth-order valence-electron chi connectivity index (χ4n) is 3.15. The van der Waals surface area contributed by atoms with Crippen LogP contribution in [-0.2, 0) is 0 Å². The molecule has 2 N–H and O–H groups in total. The largest absolute Gasteiger partial charge is 0.396 e. The molecule has 2 nitrogen and oxygen atoms in total. The van der Waals surface area contributed by atoms with Crippen molar-refractivity contribution < 1.29 is 10.2 Å². The van der Waals surface area contributed by atoms with Gasteiger partial charge in [-0.1, -0.05) is 13.8 Å². The third-order valence-electron chi connectivity index (χ3n) is 4.41. The van der Waals surface area contributed by atoms with Crippen molar-refractivity contribution in [2.45, 2.75) is 39.2 Å². The van der Waals surface area contributed by atoms with Gasteiger partial charge in [-0.05, 0) is 36.5 Å². The lowest BCUT2D eigenvalue weighted by Gasteiger charge is -2.20. The van der Waals surface area contributed by atoms with E-state index in [4.69, 9.17) is 5.11 Å². The lowest BCUT2D eigenvalue weighted by molar-refractivity contribution is 0.0531. The van der Waals surface area contributed by atoms with Crippen LogP contribution in [0, 0.1) is 23.2 Å². The van der Waals surface area contributed by atoms with Crippen LogP contribution in [0.2, 0.25) is 0 Å². The van der Waals surface area contributed by atoms with Gasteiger partial charge in [-0.2, -0.15) is 0 Å². The Morgan fingerprint density at radius 3 is 2.54 bits per heavy atom. The predicted molar refractivity (Wildman–Crippen MR) is 51.2 cm³/mol. The Morgan fingerprint density at radius 2 is 1.92 bits per heavy atom. The summed E-state index contributed by atoms with van der Waals surface area (Å²) in [4.78, 5) is 0. The van der Waals surface area contributed by atoms with Crippen LogP contribution in [0.5, 0.6) is 0 Å². The molecule has 2 saturated carbocycles. The van der Waals surface area contributed by atoms with E-state index in [1.807, 2.05) is 0 Å². The first kappa shape index (κ1) is 9.47. The van der Waals surface area contributed by atoms with Crippen LogP contribution in [0.1, 0.15) is 33.1 Å². The molecule has 0 aromatic rings. The van der Waals surface area contributed by atoms with Crippen molar-refractivity contribution in [1.29, 1.82) is 0 Å². The molecule has 2 heteroatoms. The summed E-state index contributed by atoms with van der Waals surface area (Å²) in [5, 5.41) is 18.9. The average molecular weight is 184 g/mol. The van der Waals surface area contributed by atoms with Crippen molar-refractivity contribution in [3.63, 3.8) is 0 Å². The molecule has 0 aliphatic heterocycles. The normalized spacial score (nSPS) is 48.0. The van der Waals surface area contributed by atoms with Gasteiger partial charge in [0.05, 0.1) is 6.10 Å². The topological polar surface area (TPSA) is 40.5 Å². The van der Waals surface area contributed by atoms with Gasteiger partial charge < -0.3 is 10.2 Å². The molecule has 0 bridgehead atoms. The van der Waals surface area contributed by atoms with Gasteiger partial charge in [-0.3, -0.25) is 0 Å². The van der Waals surface area contributed by atoms with E-state index in [-0.39, 0.29) is 18.6 Å². The third kappa shape index (κ3) is 1.40. The fraction of sp³-hybridized carbons (Fsp3) is 1.00. The summed E-state index contributed by atoms with van der Waals surface area (Å²) >= 11 is 0. The maximum absolute atomic E-state index is 9.82. The highest BCUT2D eigenvalue weighted by atomic mass is 16.3. The van der Waals surface area contributed by atoms with Gasteiger partial charge in [-0.25, -0.2) is 0 Å². The maximum Gasteiger partial charge on any atom is 0.0593 e. The standard InChI is InChI=1S/C11H20O2/c1-11(2)8-4-3-7(6-12)10(13)5-9(8)11/h7-10,12-13H,3-6H2,1-2H3/t7?,8-,9+,10?/m1/s1. The summed E-state index contributed by atoms with van der Waals surface area (Å²) in [7, 11) is 0. The zero-order chi connectivity index (χ0) is 9.64. The molecule has 0 amide bonds. The summed E-state index contributed by atoms with van der Waals surface area (Å²) in [6.07, 6.45) is 2.84. The van der Waals surface area contributed by atoms with Crippen LogP contribution >= 0.6 is 0 Å². The Bertz CT molecular complexity index is 200. The Balaban J connectivity index is 2.01. The number of rotatable bonds is 1. The van der Waals surface area contributed by atoms with Crippen LogP contribution in [0.15, 0.2) is 0 Å². The molecule has 2 fully saturated rings. The minimum absolute atomic E-state index is 0.142. The Labute approximate surface area is 80.0 Å². The fourth-order valence-corrected chi connectivity index (χ4v) is 3.15. The Morgan fingerprint density at radius 1 is 1.23 bits per heavy atom. The van der Waals surface area contributed by atoms with Crippen molar-refractivity contribution in [1.82, 2.24) is 0 Å². The average Bonchev–Trinajstić information content (AvgIpc) is 2.63. The molecular weight excluding hydrogens is 164 g/mol. The first-order valence-corrected chi connectivity index (χ1v) is 5.36. The Kier molecular flexibility index (Phi) is 2.16. The quantitative estimate of drug-likeness (QED) is 0.647. The number of hydrogen-bond acceptors (Lipinski definition) is 2. The number of aliphatic hydroxyl groups is 2. The lowest BCUT2D eigenvalue weighted by Crippen LogP contribution is -2.24. The van der Waals surface area contributed by atoms with Gasteiger partial charge in [-0.15, -0.1) is 0 Å². The second-order valence-electron chi connectivity index (χ2n) is 5.36. The molecule has 2 unspecified atom stereocenters. The van der Waals surface area contributed by atoms with Crippen molar-refractivity contribution >= 4 is 0 Å². The second-order valence-corrected chi connectivity index (χ2v) is 5.36. The first-order chi connectivity index (χ1) is 6.07. The molecule has 0 radical (unpaired) electrons. The van der Waals surface area contributed by atoms with Gasteiger partial charge >= 0.3 is 0 Å². The summed E-state index contributed by atoms with van der Waals surface area (Å²) in [5.41, 5.74) is 0.460. The van der Waals surface area contributed by atoms with E-state index >= 15 is 0 Å². The molecule has 2 aliphatic rings. The summed E-state index contributed by atoms with van der Waals surface area (Å²) in [6, 6.07) is 0. The lowest BCUT2D eigenvalue weighted by atomic mass is 9.92. The van der Waals surface area contributed by atoms with Gasteiger partial charge in [0.15, 0.2) is 0 Å². The van der Waals surface area contributed by atoms with E-state index in [0.29, 0.717) is 11.3 Å².